The molecule has 0 atom stereocenters. The number of hydrogen-bond acceptors (Lipinski definition) is 3. The van der Waals surface area contributed by atoms with E-state index in [0.717, 1.165) is 5.69 Å². The molecule has 2 heterocycles. The number of nitrogens with one attached hydrogen (secondary N) is 2. The van der Waals surface area contributed by atoms with Crippen LogP contribution in [0.2, 0.25) is 0 Å². The van der Waals surface area contributed by atoms with Gasteiger partial charge in [0.1, 0.15) is 0 Å². The molecule has 0 radical (unpaired) electrons. The third-order valence-corrected chi connectivity index (χ3v) is 1.74. The Morgan fingerprint density at radius 3 is 3.07 bits per heavy atom. The highest BCUT2D eigenvalue weighted by molar-refractivity contribution is 5.92. The predicted molar refractivity (Wildman–Crippen MR) is 54.6 cm³/mol. The molecule has 2 rings (SSSR count). The molecule has 76 valence electrons. The van der Waals surface area contributed by atoms with Crippen molar-refractivity contribution >= 4 is 12.1 Å². The van der Waals surface area contributed by atoms with Crippen molar-refractivity contribution in [3.8, 4) is 0 Å². The number of carbonyl (C=O) groups is 1. The topological polar surface area (TPSA) is 70.4 Å². The third kappa shape index (κ3) is 2.34. The average Bonchev–Trinajstić information content (AvgIpc) is 2.90. The Labute approximate surface area is 85.8 Å². The summed E-state index contributed by atoms with van der Waals surface area (Å²) in [5.74, 6) is -0.138. The minimum Gasteiger partial charge on any atom is -0.459 e. The predicted octanol–water partition coefficient (Wildman–Crippen LogP) is 1.37. The third-order valence-electron chi connectivity index (χ3n) is 1.74. The second kappa shape index (κ2) is 4.28. The van der Waals surface area contributed by atoms with Crippen LogP contribution in [0.5, 0.6) is 0 Å². The molecule has 0 aliphatic carbocycles. The highest BCUT2D eigenvalue weighted by atomic mass is 16.3. The first kappa shape index (κ1) is 9.26. The highest BCUT2D eigenvalue weighted by Crippen LogP contribution is 1.98. The van der Waals surface area contributed by atoms with E-state index < -0.39 is 0 Å². The summed E-state index contributed by atoms with van der Waals surface area (Å²) in [6.45, 7) is 0. The zero-order valence-corrected chi connectivity index (χ0v) is 7.81. The summed E-state index contributed by atoms with van der Waals surface area (Å²) in [7, 11) is 0. The van der Waals surface area contributed by atoms with E-state index in [1.807, 2.05) is 12.1 Å². The average molecular weight is 203 g/mol. The van der Waals surface area contributed by atoms with Crippen molar-refractivity contribution in [1.82, 2.24) is 10.4 Å². The van der Waals surface area contributed by atoms with Gasteiger partial charge in [0.05, 0.1) is 18.2 Å². The SMILES string of the molecule is O=C(N/N=C/c1ccc[nH]1)c1ccco1. The minimum absolute atomic E-state index is 0.235. The summed E-state index contributed by atoms with van der Waals surface area (Å²) >= 11 is 0. The molecule has 5 heteroatoms. The van der Waals surface area contributed by atoms with Gasteiger partial charge >= 0.3 is 5.91 Å². The maximum Gasteiger partial charge on any atom is 0.307 e. The van der Waals surface area contributed by atoms with Crippen molar-refractivity contribution in [2.24, 2.45) is 5.10 Å². The summed E-state index contributed by atoms with van der Waals surface area (Å²) in [5, 5.41) is 3.75. The van der Waals surface area contributed by atoms with Gasteiger partial charge in [-0.3, -0.25) is 4.79 Å². The molecule has 1 amide bonds. The fourth-order valence-electron chi connectivity index (χ4n) is 1.05. The van der Waals surface area contributed by atoms with Gasteiger partial charge in [0.25, 0.3) is 0 Å². The maximum atomic E-state index is 11.3. The first-order chi connectivity index (χ1) is 7.36. The molecule has 2 N–H and O–H groups in total. The van der Waals surface area contributed by atoms with Crippen LogP contribution in [-0.2, 0) is 0 Å². The fourth-order valence-corrected chi connectivity index (χ4v) is 1.05. The van der Waals surface area contributed by atoms with E-state index in [1.54, 1.807) is 18.3 Å². The largest absolute Gasteiger partial charge is 0.459 e. The van der Waals surface area contributed by atoms with Gasteiger partial charge in [-0.1, -0.05) is 0 Å². The molecule has 0 bridgehead atoms. The molecule has 2 aromatic rings. The van der Waals surface area contributed by atoms with Gasteiger partial charge < -0.3 is 9.40 Å². The van der Waals surface area contributed by atoms with E-state index in [9.17, 15) is 4.79 Å². The van der Waals surface area contributed by atoms with Gasteiger partial charge in [-0.15, -0.1) is 0 Å². The number of rotatable bonds is 3. The Balaban J connectivity index is 1.91. The zero-order valence-electron chi connectivity index (χ0n) is 7.81. The van der Waals surface area contributed by atoms with Gasteiger partial charge in [0, 0.05) is 6.20 Å². The molecule has 0 spiro atoms. The standard InChI is InChI=1S/C10H9N3O2/c14-10(9-4-2-6-15-9)13-12-7-8-3-1-5-11-8/h1-7,11H,(H,13,14)/b12-7+. The molecule has 0 aliphatic rings. The number of furan rings is 1. The lowest BCUT2D eigenvalue weighted by molar-refractivity contribution is 0.0927. The van der Waals surface area contributed by atoms with Crippen molar-refractivity contribution < 1.29 is 9.21 Å². The summed E-state index contributed by atoms with van der Waals surface area (Å²) < 4.78 is 4.89. The van der Waals surface area contributed by atoms with Crippen LogP contribution in [0, 0.1) is 0 Å². The summed E-state index contributed by atoms with van der Waals surface area (Å²) in [4.78, 5) is 14.2. The summed E-state index contributed by atoms with van der Waals surface area (Å²) in [5.41, 5.74) is 3.15. The van der Waals surface area contributed by atoms with Crippen molar-refractivity contribution in [2.45, 2.75) is 0 Å². The molecule has 0 aliphatic heterocycles. The minimum atomic E-state index is -0.372. The number of hydrogen-bond donors (Lipinski definition) is 2. The van der Waals surface area contributed by atoms with E-state index in [1.165, 1.54) is 12.5 Å². The molecule has 5 nitrogen and oxygen atoms in total. The highest BCUT2D eigenvalue weighted by Gasteiger charge is 2.05. The smallest absolute Gasteiger partial charge is 0.307 e. The summed E-state index contributed by atoms with van der Waals surface area (Å²) in [6.07, 6.45) is 4.72. The molecule has 0 fully saturated rings. The zero-order chi connectivity index (χ0) is 10.5. The molecule has 15 heavy (non-hydrogen) atoms. The number of amides is 1. The lowest BCUT2D eigenvalue weighted by Gasteiger charge is -1.93. The Morgan fingerprint density at radius 1 is 1.47 bits per heavy atom. The van der Waals surface area contributed by atoms with E-state index in [4.69, 9.17) is 4.42 Å². The van der Waals surface area contributed by atoms with Gasteiger partial charge in [0.15, 0.2) is 5.76 Å². The van der Waals surface area contributed by atoms with Crippen molar-refractivity contribution in [3.63, 3.8) is 0 Å². The molecule has 0 unspecified atom stereocenters. The number of aromatic amines is 1. The fraction of sp³-hybridized carbons (Fsp3) is 0. The number of aromatic nitrogens is 1. The Bertz CT molecular complexity index is 443. The van der Waals surface area contributed by atoms with Crippen molar-refractivity contribution in [2.75, 3.05) is 0 Å². The molecule has 0 saturated carbocycles. The Hall–Kier alpha value is -2.30. The summed E-state index contributed by atoms with van der Waals surface area (Å²) in [6, 6.07) is 6.89. The quantitative estimate of drug-likeness (QED) is 0.584. The van der Waals surface area contributed by atoms with Crippen LogP contribution in [0.3, 0.4) is 0 Å². The van der Waals surface area contributed by atoms with Crippen LogP contribution in [0.25, 0.3) is 0 Å². The maximum absolute atomic E-state index is 11.3. The van der Waals surface area contributed by atoms with E-state index >= 15 is 0 Å². The number of carbonyl (C=O) groups excluding carboxylic acids is 1. The Morgan fingerprint density at radius 2 is 2.40 bits per heavy atom. The first-order valence-electron chi connectivity index (χ1n) is 4.36. The van der Waals surface area contributed by atoms with Crippen LogP contribution in [0.4, 0.5) is 0 Å². The van der Waals surface area contributed by atoms with E-state index in [2.05, 4.69) is 15.5 Å². The van der Waals surface area contributed by atoms with Crippen LogP contribution in [0.1, 0.15) is 16.2 Å². The first-order valence-corrected chi connectivity index (χ1v) is 4.36. The molecular formula is C10H9N3O2. The number of hydrazone groups is 1. The van der Waals surface area contributed by atoms with Crippen LogP contribution >= 0.6 is 0 Å². The molecule has 0 saturated heterocycles. The van der Waals surface area contributed by atoms with Gasteiger partial charge in [0.2, 0.25) is 0 Å². The second-order valence-electron chi connectivity index (χ2n) is 2.80. The van der Waals surface area contributed by atoms with Gasteiger partial charge in [-0.05, 0) is 24.3 Å². The van der Waals surface area contributed by atoms with Crippen LogP contribution in [0.15, 0.2) is 46.2 Å². The van der Waals surface area contributed by atoms with Gasteiger partial charge in [-0.25, -0.2) is 5.43 Å². The molecule has 2 aromatic heterocycles. The normalized spacial score (nSPS) is 10.7. The molecular weight excluding hydrogens is 194 g/mol. The lowest BCUT2D eigenvalue weighted by Crippen LogP contribution is -2.16. The lowest BCUT2D eigenvalue weighted by atomic mass is 10.4. The Kier molecular flexibility index (Phi) is 2.64. The van der Waals surface area contributed by atoms with Crippen molar-refractivity contribution in [3.05, 3.63) is 48.2 Å². The van der Waals surface area contributed by atoms with E-state index in [-0.39, 0.29) is 11.7 Å². The second-order valence-corrected chi connectivity index (χ2v) is 2.80. The monoisotopic (exact) mass is 203 g/mol. The van der Waals surface area contributed by atoms with Crippen LogP contribution < -0.4 is 5.43 Å². The number of nitrogens with zero attached hydrogens (tertiary/aromatic N) is 1. The van der Waals surface area contributed by atoms with Crippen LogP contribution in [-0.4, -0.2) is 17.1 Å². The van der Waals surface area contributed by atoms with Crippen molar-refractivity contribution in [1.29, 1.82) is 0 Å². The van der Waals surface area contributed by atoms with Gasteiger partial charge in [-0.2, -0.15) is 5.10 Å². The molecule has 0 aromatic carbocycles. The van der Waals surface area contributed by atoms with E-state index in [0.29, 0.717) is 0 Å². The number of H-pyrrole nitrogens is 1.